The summed E-state index contributed by atoms with van der Waals surface area (Å²) >= 11 is 1.83. The van der Waals surface area contributed by atoms with E-state index in [1.807, 2.05) is 18.7 Å². The molecule has 0 radical (unpaired) electrons. The van der Waals surface area contributed by atoms with Crippen molar-refractivity contribution in [2.75, 3.05) is 25.6 Å². The molecule has 0 aromatic carbocycles. The van der Waals surface area contributed by atoms with Crippen molar-refractivity contribution in [1.82, 2.24) is 0 Å². The number of hydrogen-bond acceptors (Lipinski definition) is 5. The number of thioether (sulfide) groups is 1. The zero-order chi connectivity index (χ0) is 18.8. The van der Waals surface area contributed by atoms with Gasteiger partial charge < -0.3 is 20.1 Å². The molecule has 3 N–H and O–H groups in total. The Balaban J connectivity index is 3.52. The summed E-state index contributed by atoms with van der Waals surface area (Å²) in [7, 11) is 0. The number of ether oxygens (including phenoxy) is 1. The molecule has 25 heavy (non-hydrogen) atoms. The molecule has 0 aromatic heterocycles. The van der Waals surface area contributed by atoms with E-state index in [1.165, 1.54) is 57.8 Å². The smallest absolute Gasteiger partial charge is 0.100 e. The van der Waals surface area contributed by atoms with Gasteiger partial charge in [-0.3, -0.25) is 0 Å². The van der Waals surface area contributed by atoms with E-state index in [4.69, 9.17) is 9.84 Å². The molecule has 5 heteroatoms. The van der Waals surface area contributed by atoms with Crippen LogP contribution < -0.4 is 0 Å². The summed E-state index contributed by atoms with van der Waals surface area (Å²) in [5.74, 6) is 0.961. The van der Waals surface area contributed by atoms with Gasteiger partial charge in [0.05, 0.1) is 19.3 Å². The van der Waals surface area contributed by atoms with Gasteiger partial charge in [-0.2, -0.15) is 11.8 Å². The highest BCUT2D eigenvalue weighted by atomic mass is 32.2. The normalized spacial score (nSPS) is 15.2. The molecule has 0 saturated heterocycles. The maximum Gasteiger partial charge on any atom is 0.100 e. The molecule has 0 spiro atoms. The number of aliphatic hydroxyl groups is 3. The second-order valence-electron chi connectivity index (χ2n) is 7.03. The van der Waals surface area contributed by atoms with E-state index >= 15 is 0 Å². The van der Waals surface area contributed by atoms with E-state index in [1.54, 1.807) is 0 Å². The molecule has 0 heterocycles. The molecule has 0 bridgehead atoms. The van der Waals surface area contributed by atoms with Crippen LogP contribution in [-0.4, -0.2) is 58.4 Å². The monoisotopic (exact) mass is 378 g/mol. The lowest BCUT2D eigenvalue weighted by molar-refractivity contribution is 0.00672. The van der Waals surface area contributed by atoms with Gasteiger partial charge in [0.1, 0.15) is 6.10 Å². The fourth-order valence-corrected chi connectivity index (χ4v) is 3.99. The molecule has 0 saturated carbocycles. The summed E-state index contributed by atoms with van der Waals surface area (Å²) in [6.45, 7) is 4.68. The van der Waals surface area contributed by atoms with Crippen LogP contribution in [-0.2, 0) is 4.74 Å². The summed E-state index contributed by atoms with van der Waals surface area (Å²) in [6.07, 6.45) is 13.0. The standard InChI is InChI=1S/C20H42O4S/c1-3-4-5-6-7-8-9-10-11-13-20(18(2)22)25-15-12-14-24-17-19(23)16-21/h18-23H,3-17H2,1-2H3. The number of rotatable bonds is 19. The first kappa shape index (κ1) is 25.2. The van der Waals surface area contributed by atoms with Gasteiger partial charge in [-0.15, -0.1) is 0 Å². The van der Waals surface area contributed by atoms with Gasteiger partial charge in [-0.1, -0.05) is 64.7 Å². The first-order valence-electron chi connectivity index (χ1n) is 10.3. The van der Waals surface area contributed by atoms with Crippen LogP contribution in [0.2, 0.25) is 0 Å². The second kappa shape index (κ2) is 19.0. The molecule has 152 valence electrons. The van der Waals surface area contributed by atoms with Crippen LogP contribution in [0.1, 0.15) is 84.5 Å². The van der Waals surface area contributed by atoms with E-state index in [0.29, 0.717) is 11.9 Å². The molecule has 0 aliphatic rings. The van der Waals surface area contributed by atoms with Gasteiger partial charge in [0, 0.05) is 11.9 Å². The van der Waals surface area contributed by atoms with Gasteiger partial charge in [-0.05, 0) is 25.5 Å². The van der Waals surface area contributed by atoms with E-state index in [-0.39, 0.29) is 19.3 Å². The number of hydrogen-bond donors (Lipinski definition) is 3. The molecule has 3 atom stereocenters. The van der Waals surface area contributed by atoms with Crippen LogP contribution in [0.3, 0.4) is 0 Å². The average molecular weight is 379 g/mol. The van der Waals surface area contributed by atoms with Gasteiger partial charge in [0.25, 0.3) is 0 Å². The predicted molar refractivity (Wildman–Crippen MR) is 108 cm³/mol. The molecule has 0 aromatic rings. The zero-order valence-corrected chi connectivity index (χ0v) is 17.3. The Labute approximate surface area is 159 Å². The van der Waals surface area contributed by atoms with Crippen molar-refractivity contribution in [3.05, 3.63) is 0 Å². The fraction of sp³-hybridized carbons (Fsp3) is 1.00. The summed E-state index contributed by atoms with van der Waals surface area (Å²) in [4.78, 5) is 0. The molecule has 0 amide bonds. The van der Waals surface area contributed by atoms with Crippen LogP contribution in [0.5, 0.6) is 0 Å². The molecule has 0 aliphatic carbocycles. The first-order valence-corrected chi connectivity index (χ1v) is 11.3. The van der Waals surface area contributed by atoms with Crippen LogP contribution in [0, 0.1) is 0 Å². The summed E-state index contributed by atoms with van der Waals surface area (Å²) in [6, 6.07) is 0. The minimum atomic E-state index is -0.774. The Kier molecular flexibility index (Phi) is 19.1. The molecule has 0 rings (SSSR count). The van der Waals surface area contributed by atoms with Crippen molar-refractivity contribution in [1.29, 1.82) is 0 Å². The third-order valence-electron chi connectivity index (χ3n) is 4.42. The van der Waals surface area contributed by atoms with Gasteiger partial charge in [0.2, 0.25) is 0 Å². The van der Waals surface area contributed by atoms with Crippen molar-refractivity contribution in [3.63, 3.8) is 0 Å². The summed E-state index contributed by atoms with van der Waals surface area (Å²) < 4.78 is 5.30. The van der Waals surface area contributed by atoms with Crippen molar-refractivity contribution in [2.24, 2.45) is 0 Å². The van der Waals surface area contributed by atoms with E-state index < -0.39 is 6.10 Å². The zero-order valence-electron chi connectivity index (χ0n) is 16.5. The fourth-order valence-electron chi connectivity index (χ4n) is 2.79. The Morgan fingerprint density at radius 3 is 2.04 bits per heavy atom. The van der Waals surface area contributed by atoms with Gasteiger partial charge >= 0.3 is 0 Å². The largest absolute Gasteiger partial charge is 0.394 e. The van der Waals surface area contributed by atoms with Gasteiger partial charge in [-0.25, -0.2) is 0 Å². The van der Waals surface area contributed by atoms with E-state index in [2.05, 4.69) is 6.92 Å². The Hall–Kier alpha value is 0.190. The SMILES string of the molecule is CCCCCCCCCCCC(SCCCOCC(O)CO)C(C)O. The van der Waals surface area contributed by atoms with E-state index in [0.717, 1.165) is 18.6 Å². The van der Waals surface area contributed by atoms with Crippen LogP contribution in [0.4, 0.5) is 0 Å². The van der Waals surface area contributed by atoms with E-state index in [9.17, 15) is 10.2 Å². The van der Waals surface area contributed by atoms with Crippen molar-refractivity contribution >= 4 is 11.8 Å². The molecular formula is C20H42O4S. The van der Waals surface area contributed by atoms with Gasteiger partial charge in [0.15, 0.2) is 0 Å². The first-order chi connectivity index (χ1) is 12.1. The summed E-state index contributed by atoms with van der Waals surface area (Å²) in [5, 5.41) is 28.1. The van der Waals surface area contributed by atoms with Crippen molar-refractivity contribution in [3.8, 4) is 0 Å². The third kappa shape index (κ3) is 17.4. The third-order valence-corrected chi connectivity index (χ3v) is 6.00. The topological polar surface area (TPSA) is 69.9 Å². The Morgan fingerprint density at radius 2 is 1.48 bits per heavy atom. The van der Waals surface area contributed by atoms with Crippen LogP contribution in [0.25, 0.3) is 0 Å². The minimum absolute atomic E-state index is 0.194. The highest BCUT2D eigenvalue weighted by Gasteiger charge is 2.14. The molecular weight excluding hydrogens is 336 g/mol. The number of aliphatic hydroxyl groups excluding tert-OH is 3. The highest BCUT2D eigenvalue weighted by molar-refractivity contribution is 7.99. The number of unbranched alkanes of at least 4 members (excludes halogenated alkanes) is 8. The minimum Gasteiger partial charge on any atom is -0.394 e. The average Bonchev–Trinajstić information content (AvgIpc) is 2.60. The highest BCUT2D eigenvalue weighted by Crippen LogP contribution is 2.22. The lowest BCUT2D eigenvalue weighted by Crippen LogP contribution is -2.21. The Morgan fingerprint density at radius 1 is 0.880 bits per heavy atom. The second-order valence-corrected chi connectivity index (χ2v) is 8.38. The maximum absolute atomic E-state index is 9.93. The molecule has 4 nitrogen and oxygen atoms in total. The molecule has 3 unspecified atom stereocenters. The lowest BCUT2D eigenvalue weighted by Gasteiger charge is -2.19. The lowest BCUT2D eigenvalue weighted by atomic mass is 10.0. The van der Waals surface area contributed by atoms with Crippen LogP contribution in [0.15, 0.2) is 0 Å². The maximum atomic E-state index is 9.93. The summed E-state index contributed by atoms with van der Waals surface area (Å²) in [5.41, 5.74) is 0. The molecule has 0 fully saturated rings. The predicted octanol–water partition coefficient (Wildman–Crippen LogP) is 4.15. The van der Waals surface area contributed by atoms with Crippen molar-refractivity contribution in [2.45, 2.75) is 102 Å². The van der Waals surface area contributed by atoms with Crippen LogP contribution >= 0.6 is 11.8 Å². The quantitative estimate of drug-likeness (QED) is 0.295. The Bertz CT molecular complexity index is 264. The van der Waals surface area contributed by atoms with Crippen molar-refractivity contribution < 1.29 is 20.1 Å². The molecule has 0 aliphatic heterocycles.